The van der Waals surface area contributed by atoms with E-state index in [-0.39, 0.29) is 0 Å². The minimum Gasteiger partial charge on any atom is -0.379 e. The largest absolute Gasteiger partial charge is 0.483 e. The third-order valence-electron chi connectivity index (χ3n) is 2.53. The van der Waals surface area contributed by atoms with Crippen LogP contribution in [0, 0.1) is 0 Å². The fourth-order valence-electron chi connectivity index (χ4n) is 1.55. The molecule has 0 saturated carbocycles. The van der Waals surface area contributed by atoms with Gasteiger partial charge in [-0.05, 0) is 30.5 Å². The van der Waals surface area contributed by atoms with Gasteiger partial charge in [-0.2, -0.15) is 13.2 Å². The van der Waals surface area contributed by atoms with E-state index >= 15 is 0 Å². The van der Waals surface area contributed by atoms with E-state index < -0.39 is 21.3 Å². The van der Waals surface area contributed by atoms with Crippen LogP contribution < -0.4 is 0 Å². The molecule has 3 nitrogen and oxygen atoms in total. The first-order valence-corrected chi connectivity index (χ1v) is 7.22. The molecule has 0 aliphatic rings. The van der Waals surface area contributed by atoms with Gasteiger partial charge in [0.15, 0.2) is 0 Å². The van der Waals surface area contributed by atoms with Gasteiger partial charge in [0.1, 0.15) is 0 Å². The topological polar surface area (TPSA) is 27.7 Å². The van der Waals surface area contributed by atoms with Crippen molar-refractivity contribution in [2.75, 3.05) is 20.8 Å². The van der Waals surface area contributed by atoms with Gasteiger partial charge >= 0.3 is 15.7 Å². The first kappa shape index (κ1) is 16.2. The zero-order valence-corrected chi connectivity index (χ0v) is 12.0. The summed E-state index contributed by atoms with van der Waals surface area (Å²) in [5, 5.41) is 0. The van der Waals surface area contributed by atoms with Crippen LogP contribution in [0.1, 0.15) is 17.5 Å². The Balaban J connectivity index is 2.34. The minimum atomic E-state index is -4.28. The average Bonchev–Trinajstić information content (AvgIpc) is 2.38. The van der Waals surface area contributed by atoms with E-state index in [4.69, 9.17) is 13.3 Å². The molecular weight excluding hydrogens is 277 g/mol. The molecule has 0 aliphatic heterocycles. The molecule has 0 radical (unpaired) electrons. The fraction of sp³-hybridized carbons (Fsp3) is 0.500. The van der Waals surface area contributed by atoms with E-state index in [1.54, 1.807) is 0 Å². The van der Waals surface area contributed by atoms with Gasteiger partial charge in [0.05, 0.1) is 5.56 Å². The van der Waals surface area contributed by atoms with E-state index in [1.807, 2.05) is 0 Å². The Morgan fingerprint density at radius 1 is 1.05 bits per heavy atom. The Kier molecular flexibility index (Phi) is 6.50. The number of rotatable bonds is 7. The second kappa shape index (κ2) is 7.64. The number of benzene rings is 1. The van der Waals surface area contributed by atoms with Crippen molar-refractivity contribution in [2.45, 2.75) is 19.0 Å². The van der Waals surface area contributed by atoms with E-state index in [2.05, 4.69) is 0 Å². The fourth-order valence-corrected chi connectivity index (χ4v) is 2.37. The number of hydrogen-bond acceptors (Lipinski definition) is 3. The van der Waals surface area contributed by atoms with Crippen molar-refractivity contribution in [3.8, 4) is 0 Å². The van der Waals surface area contributed by atoms with Crippen LogP contribution in [0.3, 0.4) is 0 Å². The first-order valence-electron chi connectivity index (χ1n) is 5.80. The Morgan fingerprint density at radius 2 is 1.63 bits per heavy atom. The van der Waals surface area contributed by atoms with Gasteiger partial charge in [0.2, 0.25) is 0 Å². The number of alkyl halides is 3. The highest BCUT2D eigenvalue weighted by Gasteiger charge is 2.29. The molecule has 1 aromatic rings. The van der Waals surface area contributed by atoms with Gasteiger partial charge in [-0.1, -0.05) is 12.1 Å². The van der Waals surface area contributed by atoms with Crippen LogP contribution in [0.5, 0.6) is 0 Å². The van der Waals surface area contributed by atoms with Crippen molar-refractivity contribution in [1.29, 1.82) is 0 Å². The molecule has 0 amide bonds. The summed E-state index contributed by atoms with van der Waals surface area (Å²) in [4.78, 5) is 0. The highest BCUT2D eigenvalue weighted by atomic mass is 28.3. The minimum absolute atomic E-state index is 0.472. The van der Waals surface area contributed by atoms with Crippen molar-refractivity contribution in [3.05, 3.63) is 35.4 Å². The zero-order chi connectivity index (χ0) is 14.3. The molecule has 0 saturated heterocycles. The predicted molar refractivity (Wildman–Crippen MR) is 66.9 cm³/mol. The molecular formula is C12H17F3O3Si. The van der Waals surface area contributed by atoms with Crippen molar-refractivity contribution in [3.63, 3.8) is 0 Å². The predicted octanol–water partition coefficient (Wildman–Crippen LogP) is 2.66. The smallest absolute Gasteiger partial charge is 0.379 e. The lowest BCUT2D eigenvalue weighted by Gasteiger charge is -2.11. The molecule has 0 atom stereocenters. The summed E-state index contributed by atoms with van der Waals surface area (Å²) in [6.45, 7) is 0.472. The van der Waals surface area contributed by atoms with Crippen LogP contribution >= 0.6 is 0 Å². The molecule has 0 N–H and O–H groups in total. The van der Waals surface area contributed by atoms with E-state index in [0.717, 1.165) is 17.7 Å². The van der Waals surface area contributed by atoms with Crippen molar-refractivity contribution in [2.24, 2.45) is 0 Å². The lowest BCUT2D eigenvalue weighted by Crippen LogP contribution is -2.24. The summed E-state index contributed by atoms with van der Waals surface area (Å²) in [6, 6.07) is 5.17. The Bertz CT molecular complexity index is 363. The molecule has 0 aromatic heterocycles. The molecule has 0 fully saturated rings. The number of aryl methyl sites for hydroxylation is 1. The molecule has 19 heavy (non-hydrogen) atoms. The van der Waals surface area contributed by atoms with Crippen molar-refractivity contribution >= 4 is 9.53 Å². The summed E-state index contributed by atoms with van der Waals surface area (Å²) in [5.74, 6) is 0. The van der Waals surface area contributed by atoms with Gasteiger partial charge in [0, 0.05) is 20.8 Å². The van der Waals surface area contributed by atoms with Crippen LogP contribution in [-0.2, 0) is 25.9 Å². The second-order valence-corrected chi connectivity index (χ2v) is 5.78. The summed E-state index contributed by atoms with van der Waals surface area (Å²) in [7, 11) is 1.05. The molecule has 0 bridgehead atoms. The third kappa shape index (κ3) is 5.73. The van der Waals surface area contributed by atoms with Gasteiger partial charge < -0.3 is 13.3 Å². The van der Waals surface area contributed by atoms with Gasteiger partial charge in [-0.25, -0.2) is 0 Å². The van der Waals surface area contributed by atoms with Crippen LogP contribution in [0.2, 0.25) is 0 Å². The maximum Gasteiger partial charge on any atom is 0.483 e. The molecule has 1 rings (SSSR count). The normalized spacial score (nSPS) is 12.1. The zero-order valence-electron chi connectivity index (χ0n) is 10.9. The third-order valence-corrected chi connectivity index (χ3v) is 3.81. The standard InChI is InChI=1S/C12H17F3O3Si/c1-16-19(17-2)18-9-3-4-10-5-7-11(8-6-10)12(13,14)15/h5-8,19H,3-4,9H2,1-2H3. The molecule has 0 aliphatic carbocycles. The van der Waals surface area contributed by atoms with Gasteiger partial charge in [-0.3, -0.25) is 0 Å². The Morgan fingerprint density at radius 3 is 2.11 bits per heavy atom. The van der Waals surface area contributed by atoms with E-state index in [9.17, 15) is 13.2 Å². The molecule has 1 aromatic carbocycles. The molecule has 7 heteroatoms. The highest BCUT2D eigenvalue weighted by Crippen LogP contribution is 2.29. The Labute approximate surface area is 112 Å². The summed E-state index contributed by atoms with van der Waals surface area (Å²) < 4.78 is 52.4. The summed E-state index contributed by atoms with van der Waals surface area (Å²) in [5.41, 5.74) is 0.225. The SMILES string of the molecule is CO[SiH](OC)OCCCc1ccc(C(F)(F)F)cc1. The quantitative estimate of drug-likeness (QED) is 0.571. The molecule has 108 valence electrons. The second-order valence-electron chi connectivity index (χ2n) is 3.93. The van der Waals surface area contributed by atoms with Crippen LogP contribution in [0.15, 0.2) is 24.3 Å². The maximum absolute atomic E-state index is 12.3. The van der Waals surface area contributed by atoms with E-state index in [1.165, 1.54) is 26.4 Å². The number of halogens is 3. The Hall–Kier alpha value is -0.893. The van der Waals surface area contributed by atoms with Crippen LogP contribution in [0.25, 0.3) is 0 Å². The average molecular weight is 294 g/mol. The van der Waals surface area contributed by atoms with Gasteiger partial charge in [-0.15, -0.1) is 0 Å². The van der Waals surface area contributed by atoms with Crippen molar-refractivity contribution in [1.82, 2.24) is 0 Å². The number of hydrogen-bond donors (Lipinski definition) is 0. The summed E-state index contributed by atoms with van der Waals surface area (Å²) in [6.07, 6.45) is -2.91. The highest BCUT2D eigenvalue weighted by molar-refractivity contribution is 6.36. The monoisotopic (exact) mass is 294 g/mol. The first-order chi connectivity index (χ1) is 8.97. The van der Waals surface area contributed by atoms with Crippen LogP contribution in [-0.4, -0.2) is 30.4 Å². The summed E-state index contributed by atoms with van der Waals surface area (Å²) >= 11 is 0. The maximum atomic E-state index is 12.3. The molecule has 0 heterocycles. The lowest BCUT2D eigenvalue weighted by atomic mass is 10.1. The van der Waals surface area contributed by atoms with Crippen LogP contribution in [0.4, 0.5) is 13.2 Å². The van der Waals surface area contributed by atoms with E-state index in [0.29, 0.717) is 19.4 Å². The lowest BCUT2D eigenvalue weighted by molar-refractivity contribution is -0.137. The van der Waals surface area contributed by atoms with Gasteiger partial charge in [0.25, 0.3) is 0 Å². The molecule has 0 spiro atoms. The molecule has 0 unspecified atom stereocenters. The van der Waals surface area contributed by atoms with Crippen molar-refractivity contribution < 1.29 is 26.4 Å².